The van der Waals surface area contributed by atoms with Crippen molar-refractivity contribution in [2.45, 2.75) is 26.3 Å². The van der Waals surface area contributed by atoms with E-state index >= 15 is 0 Å². The molecule has 1 atom stereocenters. The molecule has 3 heteroatoms. The van der Waals surface area contributed by atoms with Gasteiger partial charge in [0.1, 0.15) is 0 Å². The molecule has 0 spiro atoms. The normalized spacial score (nSPS) is 12.9. The van der Waals surface area contributed by atoms with E-state index in [2.05, 4.69) is 28.1 Å². The molecule has 0 saturated heterocycles. The molecule has 1 aromatic carbocycles. The summed E-state index contributed by atoms with van der Waals surface area (Å²) in [5.74, 6) is 0. The Morgan fingerprint density at radius 2 is 1.93 bits per heavy atom. The van der Waals surface area contributed by atoms with Crippen LogP contribution >= 0.6 is 15.9 Å². The number of rotatable bonds is 3. The van der Waals surface area contributed by atoms with Crippen molar-refractivity contribution >= 4 is 15.9 Å². The molecule has 0 radical (unpaired) electrons. The smallest absolute Gasteiger partial charge is 0.0449 e. The lowest BCUT2D eigenvalue weighted by atomic mass is 9.98. The van der Waals surface area contributed by atoms with Gasteiger partial charge in [0.2, 0.25) is 0 Å². The molecule has 0 aliphatic rings. The van der Waals surface area contributed by atoms with Crippen LogP contribution in [-0.2, 0) is 0 Å². The minimum atomic E-state index is -0.0886. The van der Waals surface area contributed by atoms with Gasteiger partial charge < -0.3 is 10.8 Å². The van der Waals surface area contributed by atoms with Crippen LogP contribution < -0.4 is 5.73 Å². The van der Waals surface area contributed by atoms with Crippen molar-refractivity contribution in [3.63, 3.8) is 0 Å². The van der Waals surface area contributed by atoms with E-state index < -0.39 is 0 Å². The van der Waals surface area contributed by atoms with Gasteiger partial charge in [-0.2, -0.15) is 0 Å². The zero-order valence-electron chi connectivity index (χ0n) is 8.55. The molecule has 0 heterocycles. The summed E-state index contributed by atoms with van der Waals surface area (Å²) in [5.41, 5.74) is 9.45. The first kappa shape index (κ1) is 11.7. The van der Waals surface area contributed by atoms with E-state index in [1.165, 1.54) is 11.1 Å². The Morgan fingerprint density at radius 1 is 1.36 bits per heavy atom. The number of aliphatic hydroxyl groups excluding tert-OH is 1. The maximum atomic E-state index is 8.85. The summed E-state index contributed by atoms with van der Waals surface area (Å²) >= 11 is 3.54. The summed E-state index contributed by atoms with van der Waals surface area (Å²) < 4.78 is 1.07. The van der Waals surface area contributed by atoms with Gasteiger partial charge in [0.05, 0.1) is 0 Å². The number of aryl methyl sites for hydroxylation is 2. The monoisotopic (exact) mass is 257 g/mol. The third-order valence-electron chi connectivity index (χ3n) is 2.40. The van der Waals surface area contributed by atoms with Crippen molar-refractivity contribution in [1.82, 2.24) is 0 Å². The van der Waals surface area contributed by atoms with Crippen LogP contribution in [0.2, 0.25) is 0 Å². The number of hydrogen-bond acceptors (Lipinski definition) is 2. The predicted octanol–water partition coefficient (Wildman–Crippen LogP) is 2.45. The highest BCUT2D eigenvalue weighted by Gasteiger charge is 2.13. The Kier molecular flexibility index (Phi) is 4.11. The van der Waals surface area contributed by atoms with Crippen molar-refractivity contribution in [2.24, 2.45) is 5.73 Å². The molecule has 0 saturated carbocycles. The second-order valence-electron chi connectivity index (χ2n) is 3.55. The van der Waals surface area contributed by atoms with Gasteiger partial charge >= 0.3 is 0 Å². The van der Waals surface area contributed by atoms with Crippen LogP contribution in [-0.4, -0.2) is 11.7 Å². The predicted molar refractivity (Wildman–Crippen MR) is 62.2 cm³/mol. The van der Waals surface area contributed by atoms with Crippen LogP contribution in [0.1, 0.15) is 29.2 Å². The van der Waals surface area contributed by atoms with E-state index in [0.717, 1.165) is 10.0 Å². The summed E-state index contributed by atoms with van der Waals surface area (Å²) in [6, 6.07) is 4.04. The SMILES string of the molecule is Cc1ccc(C)c(C(N)CCO)c1Br. The zero-order valence-corrected chi connectivity index (χ0v) is 10.1. The highest BCUT2D eigenvalue weighted by atomic mass is 79.9. The van der Waals surface area contributed by atoms with Gasteiger partial charge in [-0.15, -0.1) is 0 Å². The number of halogens is 1. The molecule has 0 aromatic heterocycles. The first-order valence-electron chi connectivity index (χ1n) is 4.70. The summed E-state index contributed by atoms with van der Waals surface area (Å²) in [6.07, 6.45) is 0.600. The first-order valence-corrected chi connectivity index (χ1v) is 5.49. The van der Waals surface area contributed by atoms with Crippen molar-refractivity contribution < 1.29 is 5.11 Å². The van der Waals surface area contributed by atoms with E-state index in [-0.39, 0.29) is 12.6 Å². The molecule has 3 N–H and O–H groups in total. The summed E-state index contributed by atoms with van der Waals surface area (Å²) in [6.45, 7) is 4.20. The van der Waals surface area contributed by atoms with Crippen LogP contribution in [0.4, 0.5) is 0 Å². The molecular formula is C11H16BrNO. The van der Waals surface area contributed by atoms with Gasteiger partial charge in [0, 0.05) is 17.1 Å². The van der Waals surface area contributed by atoms with Gasteiger partial charge in [0.15, 0.2) is 0 Å². The molecule has 0 bridgehead atoms. The quantitative estimate of drug-likeness (QED) is 0.874. The van der Waals surface area contributed by atoms with E-state index in [9.17, 15) is 0 Å². The van der Waals surface area contributed by atoms with Gasteiger partial charge in [-0.25, -0.2) is 0 Å². The Labute approximate surface area is 93.3 Å². The molecule has 0 amide bonds. The largest absolute Gasteiger partial charge is 0.396 e. The van der Waals surface area contributed by atoms with E-state index in [1.807, 2.05) is 13.8 Å². The van der Waals surface area contributed by atoms with Crippen LogP contribution in [0.15, 0.2) is 16.6 Å². The van der Waals surface area contributed by atoms with Gasteiger partial charge in [0.25, 0.3) is 0 Å². The highest BCUT2D eigenvalue weighted by molar-refractivity contribution is 9.10. The minimum Gasteiger partial charge on any atom is -0.396 e. The molecule has 78 valence electrons. The lowest BCUT2D eigenvalue weighted by Gasteiger charge is -2.17. The zero-order chi connectivity index (χ0) is 10.7. The van der Waals surface area contributed by atoms with Crippen LogP contribution in [0.3, 0.4) is 0 Å². The third kappa shape index (κ3) is 2.35. The van der Waals surface area contributed by atoms with Crippen molar-refractivity contribution in [1.29, 1.82) is 0 Å². The van der Waals surface area contributed by atoms with Crippen molar-refractivity contribution in [3.8, 4) is 0 Å². The standard InChI is InChI=1S/C11H16BrNO/c1-7-3-4-8(2)11(12)10(7)9(13)5-6-14/h3-4,9,14H,5-6,13H2,1-2H3. The number of benzene rings is 1. The molecule has 1 aromatic rings. The highest BCUT2D eigenvalue weighted by Crippen LogP contribution is 2.29. The van der Waals surface area contributed by atoms with E-state index in [4.69, 9.17) is 10.8 Å². The fraction of sp³-hybridized carbons (Fsp3) is 0.455. The number of hydrogen-bond donors (Lipinski definition) is 2. The number of nitrogens with two attached hydrogens (primary N) is 1. The van der Waals surface area contributed by atoms with Crippen LogP contribution in [0.25, 0.3) is 0 Å². The minimum absolute atomic E-state index is 0.0886. The van der Waals surface area contributed by atoms with E-state index in [0.29, 0.717) is 6.42 Å². The fourth-order valence-corrected chi connectivity index (χ4v) is 2.28. The molecule has 14 heavy (non-hydrogen) atoms. The average Bonchev–Trinajstić information content (AvgIpc) is 2.13. The molecule has 0 aliphatic heterocycles. The van der Waals surface area contributed by atoms with Crippen LogP contribution in [0, 0.1) is 13.8 Å². The van der Waals surface area contributed by atoms with E-state index in [1.54, 1.807) is 0 Å². The van der Waals surface area contributed by atoms with Crippen molar-refractivity contribution in [2.75, 3.05) is 6.61 Å². The Bertz CT molecular complexity index is 325. The Morgan fingerprint density at radius 3 is 2.50 bits per heavy atom. The average molecular weight is 258 g/mol. The lowest BCUT2D eigenvalue weighted by Crippen LogP contribution is -2.14. The maximum absolute atomic E-state index is 8.85. The summed E-state index contributed by atoms with van der Waals surface area (Å²) in [5, 5.41) is 8.85. The van der Waals surface area contributed by atoms with Gasteiger partial charge in [-0.05, 0) is 37.0 Å². The summed E-state index contributed by atoms with van der Waals surface area (Å²) in [7, 11) is 0. The fourth-order valence-electron chi connectivity index (χ4n) is 1.54. The topological polar surface area (TPSA) is 46.2 Å². The third-order valence-corrected chi connectivity index (χ3v) is 3.45. The van der Waals surface area contributed by atoms with Crippen molar-refractivity contribution in [3.05, 3.63) is 33.3 Å². The second-order valence-corrected chi connectivity index (χ2v) is 4.34. The molecule has 1 rings (SSSR count). The lowest BCUT2D eigenvalue weighted by molar-refractivity contribution is 0.276. The summed E-state index contributed by atoms with van der Waals surface area (Å²) in [4.78, 5) is 0. The number of aliphatic hydroxyl groups is 1. The van der Waals surface area contributed by atoms with Gasteiger partial charge in [-0.3, -0.25) is 0 Å². The first-order chi connectivity index (χ1) is 6.57. The Hall–Kier alpha value is -0.380. The maximum Gasteiger partial charge on any atom is 0.0449 e. The molecular weight excluding hydrogens is 242 g/mol. The molecule has 0 fully saturated rings. The Balaban J connectivity index is 3.11. The van der Waals surface area contributed by atoms with Gasteiger partial charge in [-0.1, -0.05) is 28.1 Å². The molecule has 2 nitrogen and oxygen atoms in total. The second kappa shape index (κ2) is 4.91. The molecule has 0 aliphatic carbocycles. The molecule has 1 unspecified atom stereocenters. The van der Waals surface area contributed by atoms with Crippen LogP contribution in [0.5, 0.6) is 0 Å².